The number of carboxylic acids is 1. The quantitative estimate of drug-likeness (QED) is 0.844. The van der Waals surface area contributed by atoms with E-state index < -0.39 is 17.5 Å². The maximum Gasteiger partial charge on any atom is 0.407 e. The predicted molar refractivity (Wildman–Crippen MR) is 93.1 cm³/mol. The van der Waals surface area contributed by atoms with E-state index in [-0.39, 0.29) is 19.1 Å². The van der Waals surface area contributed by atoms with Gasteiger partial charge in [-0.15, -0.1) is 0 Å². The second-order valence-electron chi connectivity index (χ2n) is 6.52. The Morgan fingerprint density at radius 2 is 1.64 bits per heavy atom. The molecule has 0 bridgehead atoms. The smallest absolute Gasteiger partial charge is 0.407 e. The zero-order valence-corrected chi connectivity index (χ0v) is 13.9. The Balaban J connectivity index is 1.50. The van der Waals surface area contributed by atoms with Crippen molar-refractivity contribution >= 4 is 12.1 Å². The molecule has 0 atom stereocenters. The number of rotatable bonds is 6. The molecular weight excluding hydrogens is 318 g/mol. The van der Waals surface area contributed by atoms with Gasteiger partial charge in [-0.2, -0.15) is 0 Å². The lowest BCUT2D eigenvalue weighted by molar-refractivity contribution is -0.155. The van der Waals surface area contributed by atoms with Gasteiger partial charge >= 0.3 is 12.1 Å². The van der Waals surface area contributed by atoms with Crippen LogP contribution >= 0.6 is 0 Å². The summed E-state index contributed by atoms with van der Waals surface area (Å²) in [6.45, 7) is 0.249. The van der Waals surface area contributed by atoms with Crippen molar-refractivity contribution in [3.8, 4) is 0 Å². The molecule has 1 aliphatic carbocycles. The van der Waals surface area contributed by atoms with Crippen LogP contribution in [0.25, 0.3) is 0 Å². The molecule has 2 N–H and O–H groups in total. The zero-order valence-electron chi connectivity index (χ0n) is 13.9. The first-order valence-electron chi connectivity index (χ1n) is 8.32. The average Bonchev–Trinajstić information content (AvgIpc) is 2.60. The van der Waals surface area contributed by atoms with Gasteiger partial charge in [-0.05, 0) is 29.9 Å². The summed E-state index contributed by atoms with van der Waals surface area (Å²) in [7, 11) is 0. The molecule has 0 aromatic heterocycles. The Bertz CT molecular complexity index is 724. The number of alkyl carbamates (subject to hydrolysis) is 1. The van der Waals surface area contributed by atoms with Gasteiger partial charge in [-0.1, -0.05) is 60.7 Å². The van der Waals surface area contributed by atoms with E-state index in [0.29, 0.717) is 12.8 Å². The van der Waals surface area contributed by atoms with Gasteiger partial charge in [0, 0.05) is 6.54 Å². The third-order valence-electron chi connectivity index (χ3n) is 4.78. The van der Waals surface area contributed by atoms with E-state index in [4.69, 9.17) is 4.74 Å². The van der Waals surface area contributed by atoms with Gasteiger partial charge in [0.15, 0.2) is 0 Å². The monoisotopic (exact) mass is 339 g/mol. The summed E-state index contributed by atoms with van der Waals surface area (Å²) in [6.07, 6.45) is 0.448. The van der Waals surface area contributed by atoms with E-state index >= 15 is 0 Å². The summed E-state index contributed by atoms with van der Waals surface area (Å²) in [5, 5.41) is 12.2. The van der Waals surface area contributed by atoms with E-state index in [9.17, 15) is 14.7 Å². The molecule has 1 saturated carbocycles. The highest BCUT2D eigenvalue weighted by molar-refractivity contribution is 5.78. The Kier molecular flexibility index (Phi) is 5.03. The van der Waals surface area contributed by atoms with Crippen LogP contribution in [-0.2, 0) is 16.1 Å². The summed E-state index contributed by atoms with van der Waals surface area (Å²) < 4.78 is 5.14. The number of nitrogens with one attached hydrogen (secondary N) is 1. The number of benzene rings is 2. The standard InChI is InChI=1S/C20H21NO4/c22-18(23)20(11-17(12-20)16-9-5-2-6-10-16)14-21-19(24)25-13-15-7-3-1-4-8-15/h1-10,17H,11-14H2,(H,21,24)(H,22,23). The van der Waals surface area contributed by atoms with Crippen molar-refractivity contribution in [2.24, 2.45) is 5.41 Å². The van der Waals surface area contributed by atoms with E-state index in [1.807, 2.05) is 60.7 Å². The Morgan fingerprint density at radius 3 is 2.24 bits per heavy atom. The minimum Gasteiger partial charge on any atom is -0.481 e. The fraction of sp³-hybridized carbons (Fsp3) is 0.300. The van der Waals surface area contributed by atoms with Gasteiger partial charge in [-0.3, -0.25) is 4.79 Å². The lowest BCUT2D eigenvalue weighted by Gasteiger charge is -2.44. The minimum absolute atomic E-state index is 0.0826. The van der Waals surface area contributed by atoms with E-state index in [1.165, 1.54) is 0 Å². The van der Waals surface area contributed by atoms with Crippen LogP contribution < -0.4 is 5.32 Å². The van der Waals surface area contributed by atoms with Crippen molar-refractivity contribution in [2.45, 2.75) is 25.4 Å². The van der Waals surface area contributed by atoms with Gasteiger partial charge in [0.05, 0.1) is 5.41 Å². The van der Waals surface area contributed by atoms with Crippen LogP contribution in [-0.4, -0.2) is 23.7 Å². The second kappa shape index (κ2) is 7.38. The zero-order chi connectivity index (χ0) is 17.7. The number of aliphatic carboxylic acids is 1. The van der Waals surface area contributed by atoms with Gasteiger partial charge in [0.2, 0.25) is 0 Å². The highest BCUT2D eigenvalue weighted by Crippen LogP contribution is 2.50. The van der Waals surface area contributed by atoms with Crippen molar-refractivity contribution in [3.05, 3.63) is 71.8 Å². The normalized spacial score (nSPS) is 21.8. The molecule has 0 aliphatic heterocycles. The number of carbonyl (C=O) groups is 2. The first-order valence-corrected chi connectivity index (χ1v) is 8.32. The first kappa shape index (κ1) is 17.0. The molecule has 1 aliphatic rings. The molecule has 2 aromatic carbocycles. The van der Waals surface area contributed by atoms with E-state index in [2.05, 4.69) is 5.32 Å². The molecule has 2 aromatic rings. The molecule has 1 fully saturated rings. The SMILES string of the molecule is O=C(NCC1(C(=O)O)CC(c2ccccc2)C1)OCc1ccccc1. The highest BCUT2D eigenvalue weighted by Gasteiger charge is 2.50. The summed E-state index contributed by atoms with van der Waals surface area (Å²) >= 11 is 0. The number of carboxylic acid groups (broad SMARTS) is 1. The third kappa shape index (κ3) is 3.99. The van der Waals surface area contributed by atoms with Crippen LogP contribution in [0.3, 0.4) is 0 Å². The van der Waals surface area contributed by atoms with Crippen LogP contribution in [0.15, 0.2) is 60.7 Å². The molecule has 3 rings (SSSR count). The minimum atomic E-state index is -0.910. The van der Waals surface area contributed by atoms with E-state index in [0.717, 1.165) is 11.1 Å². The lowest BCUT2D eigenvalue weighted by Crippen LogP contribution is -2.50. The molecule has 0 radical (unpaired) electrons. The highest BCUT2D eigenvalue weighted by atomic mass is 16.5. The molecule has 25 heavy (non-hydrogen) atoms. The van der Waals surface area contributed by atoms with Gasteiger partial charge in [-0.25, -0.2) is 4.79 Å². The third-order valence-corrected chi connectivity index (χ3v) is 4.78. The largest absolute Gasteiger partial charge is 0.481 e. The first-order chi connectivity index (χ1) is 12.1. The molecule has 5 heteroatoms. The van der Waals surface area contributed by atoms with Gasteiger partial charge in [0.25, 0.3) is 0 Å². The number of carbonyl (C=O) groups excluding carboxylic acids is 1. The predicted octanol–water partition coefficient (Wildman–Crippen LogP) is 3.56. The van der Waals surface area contributed by atoms with Crippen LogP contribution in [0.2, 0.25) is 0 Å². The second-order valence-corrected chi connectivity index (χ2v) is 6.52. The number of amides is 1. The summed E-state index contributed by atoms with van der Waals surface area (Å²) in [6, 6.07) is 19.2. The maximum absolute atomic E-state index is 11.9. The number of hydrogen-bond donors (Lipinski definition) is 2. The van der Waals surface area contributed by atoms with E-state index in [1.54, 1.807) is 0 Å². The van der Waals surface area contributed by atoms with Crippen LogP contribution in [0, 0.1) is 5.41 Å². The number of ether oxygens (including phenoxy) is 1. The Morgan fingerprint density at radius 1 is 1.04 bits per heavy atom. The fourth-order valence-electron chi connectivity index (χ4n) is 3.25. The van der Waals surface area contributed by atoms with Crippen LogP contribution in [0.1, 0.15) is 29.9 Å². The van der Waals surface area contributed by atoms with Gasteiger partial charge < -0.3 is 15.2 Å². The summed E-state index contributed by atoms with van der Waals surface area (Å²) in [4.78, 5) is 23.5. The molecule has 0 saturated heterocycles. The van der Waals surface area contributed by atoms with Crippen molar-refractivity contribution in [1.82, 2.24) is 5.32 Å². The lowest BCUT2D eigenvalue weighted by atomic mass is 9.60. The Labute approximate surface area is 146 Å². The summed E-state index contributed by atoms with van der Waals surface area (Å²) in [5.74, 6) is -0.650. The Hall–Kier alpha value is -2.82. The molecule has 1 amide bonds. The molecule has 0 heterocycles. The molecule has 130 valence electrons. The maximum atomic E-state index is 11.9. The molecule has 0 spiro atoms. The van der Waals surface area contributed by atoms with Crippen molar-refractivity contribution < 1.29 is 19.4 Å². The topological polar surface area (TPSA) is 75.6 Å². The molecular formula is C20H21NO4. The van der Waals surface area contributed by atoms with Crippen molar-refractivity contribution in [1.29, 1.82) is 0 Å². The summed E-state index contributed by atoms with van der Waals surface area (Å²) in [5.41, 5.74) is 1.12. The number of hydrogen-bond acceptors (Lipinski definition) is 3. The van der Waals surface area contributed by atoms with Crippen LogP contribution in [0.5, 0.6) is 0 Å². The molecule has 5 nitrogen and oxygen atoms in total. The fourth-order valence-corrected chi connectivity index (χ4v) is 3.25. The van der Waals surface area contributed by atoms with Crippen molar-refractivity contribution in [3.63, 3.8) is 0 Å². The molecule has 0 unspecified atom stereocenters. The van der Waals surface area contributed by atoms with Crippen molar-refractivity contribution in [2.75, 3.05) is 6.54 Å². The average molecular weight is 339 g/mol. The van der Waals surface area contributed by atoms with Crippen LogP contribution in [0.4, 0.5) is 4.79 Å². The van der Waals surface area contributed by atoms with Gasteiger partial charge in [0.1, 0.15) is 6.61 Å².